The van der Waals surface area contributed by atoms with Gasteiger partial charge in [0.1, 0.15) is 27.3 Å². The average molecular weight is 559 g/mol. The molecule has 0 fully saturated rings. The number of thiazole rings is 1. The Labute approximate surface area is 244 Å². The molecule has 0 aliphatic heterocycles. The number of fused-ring (bicyclic) bond motifs is 8. The van der Waals surface area contributed by atoms with Crippen LogP contribution in [0.1, 0.15) is 0 Å². The van der Waals surface area contributed by atoms with Crippen molar-refractivity contribution in [2.75, 3.05) is 4.90 Å². The quantitative estimate of drug-likeness (QED) is 0.215. The third-order valence-electron chi connectivity index (χ3n) is 7.89. The molecule has 0 bridgehead atoms. The molecule has 9 aromatic rings. The van der Waals surface area contributed by atoms with Gasteiger partial charge < -0.3 is 13.7 Å². The number of hydrogen-bond donors (Lipinski definition) is 0. The number of hydrogen-bond acceptors (Lipinski definition) is 5. The summed E-state index contributed by atoms with van der Waals surface area (Å²) < 4.78 is 13.9. The summed E-state index contributed by atoms with van der Waals surface area (Å²) in [6.45, 7) is 0. The van der Waals surface area contributed by atoms with Crippen molar-refractivity contribution in [3.05, 3.63) is 133 Å². The third-order valence-corrected chi connectivity index (χ3v) is 9.03. The number of aromatic nitrogens is 1. The first-order chi connectivity index (χ1) is 20.8. The minimum atomic E-state index is 0.842. The van der Waals surface area contributed by atoms with Gasteiger partial charge in [0.25, 0.3) is 0 Å². The van der Waals surface area contributed by atoms with Gasteiger partial charge in [-0.25, -0.2) is 4.98 Å². The Morgan fingerprint density at radius 1 is 0.524 bits per heavy atom. The van der Waals surface area contributed by atoms with Gasteiger partial charge in [-0.3, -0.25) is 0 Å². The van der Waals surface area contributed by atoms with Crippen molar-refractivity contribution in [1.82, 2.24) is 4.98 Å². The van der Waals surface area contributed by atoms with E-state index in [1.807, 2.05) is 36.4 Å². The summed E-state index contributed by atoms with van der Waals surface area (Å²) in [5.41, 5.74) is 8.69. The Morgan fingerprint density at radius 3 is 2.12 bits per heavy atom. The molecular formula is C37H22N2O2S. The van der Waals surface area contributed by atoms with E-state index in [2.05, 4.69) is 102 Å². The van der Waals surface area contributed by atoms with Gasteiger partial charge in [0, 0.05) is 39.2 Å². The van der Waals surface area contributed by atoms with Crippen LogP contribution < -0.4 is 4.90 Å². The summed E-state index contributed by atoms with van der Waals surface area (Å²) in [7, 11) is 0. The van der Waals surface area contributed by atoms with E-state index in [9.17, 15) is 0 Å². The van der Waals surface area contributed by atoms with Gasteiger partial charge in [-0.05, 0) is 54.6 Å². The molecule has 0 aliphatic carbocycles. The monoisotopic (exact) mass is 558 g/mol. The molecular weight excluding hydrogens is 536 g/mol. The average Bonchev–Trinajstić information content (AvgIpc) is 3.75. The van der Waals surface area contributed by atoms with Crippen molar-refractivity contribution in [3.63, 3.8) is 0 Å². The van der Waals surface area contributed by atoms with E-state index >= 15 is 0 Å². The van der Waals surface area contributed by atoms with Crippen molar-refractivity contribution in [3.8, 4) is 10.6 Å². The lowest BCUT2D eigenvalue weighted by molar-refractivity contribution is 0.669. The van der Waals surface area contributed by atoms with Crippen LogP contribution in [0.25, 0.3) is 64.7 Å². The zero-order chi connectivity index (χ0) is 27.6. The van der Waals surface area contributed by atoms with Gasteiger partial charge >= 0.3 is 0 Å². The molecule has 5 heteroatoms. The predicted molar refractivity (Wildman–Crippen MR) is 174 cm³/mol. The SMILES string of the molecule is c1ccc(-c2nc3ccc4oc5cc(N(c6ccccc6)c6cccc7oc8ccccc8c67)ccc5c4c3s2)cc1. The van der Waals surface area contributed by atoms with Crippen LogP contribution in [0.15, 0.2) is 142 Å². The Kier molecular flexibility index (Phi) is 5.03. The number of anilines is 3. The zero-order valence-electron chi connectivity index (χ0n) is 22.3. The highest BCUT2D eigenvalue weighted by atomic mass is 32.1. The number of para-hydroxylation sites is 2. The molecule has 0 saturated carbocycles. The van der Waals surface area contributed by atoms with Gasteiger partial charge in [0.15, 0.2) is 0 Å². The molecule has 3 heterocycles. The normalized spacial score (nSPS) is 11.8. The minimum Gasteiger partial charge on any atom is -0.456 e. The van der Waals surface area contributed by atoms with Crippen molar-refractivity contribution < 1.29 is 8.83 Å². The zero-order valence-corrected chi connectivity index (χ0v) is 23.1. The number of furan rings is 2. The van der Waals surface area contributed by atoms with Crippen LogP contribution in [-0.2, 0) is 0 Å². The Balaban J connectivity index is 1.27. The fourth-order valence-electron chi connectivity index (χ4n) is 6.02. The van der Waals surface area contributed by atoms with E-state index in [4.69, 9.17) is 13.8 Å². The van der Waals surface area contributed by atoms with Crippen molar-refractivity contribution in [2.24, 2.45) is 0 Å². The molecule has 42 heavy (non-hydrogen) atoms. The highest BCUT2D eigenvalue weighted by Gasteiger charge is 2.21. The van der Waals surface area contributed by atoms with Gasteiger partial charge in [-0.15, -0.1) is 11.3 Å². The maximum absolute atomic E-state index is 6.51. The second-order valence-corrected chi connectivity index (χ2v) is 11.4. The molecule has 0 N–H and O–H groups in total. The Hall–Kier alpha value is -5.39. The van der Waals surface area contributed by atoms with E-state index in [0.29, 0.717) is 0 Å². The molecule has 198 valence electrons. The van der Waals surface area contributed by atoms with Gasteiger partial charge in [-0.1, -0.05) is 72.8 Å². The smallest absolute Gasteiger partial charge is 0.137 e. The first-order valence-electron chi connectivity index (χ1n) is 13.9. The van der Waals surface area contributed by atoms with Crippen LogP contribution >= 0.6 is 11.3 Å². The highest BCUT2D eigenvalue weighted by Crippen LogP contribution is 2.45. The van der Waals surface area contributed by atoms with Gasteiger partial charge in [-0.2, -0.15) is 0 Å². The molecule has 9 rings (SSSR count). The highest BCUT2D eigenvalue weighted by molar-refractivity contribution is 7.22. The van der Waals surface area contributed by atoms with Crippen molar-refractivity contribution in [2.45, 2.75) is 0 Å². The van der Waals surface area contributed by atoms with E-state index in [1.165, 1.54) is 0 Å². The number of nitrogens with zero attached hydrogens (tertiary/aromatic N) is 2. The number of benzene rings is 6. The van der Waals surface area contributed by atoms with E-state index in [0.717, 1.165) is 81.7 Å². The second kappa shape index (κ2) is 9.06. The third kappa shape index (κ3) is 3.51. The summed E-state index contributed by atoms with van der Waals surface area (Å²) in [5, 5.41) is 5.39. The van der Waals surface area contributed by atoms with E-state index in [1.54, 1.807) is 11.3 Å². The van der Waals surface area contributed by atoms with Crippen LogP contribution in [0.5, 0.6) is 0 Å². The fraction of sp³-hybridized carbons (Fsp3) is 0. The number of rotatable bonds is 4. The summed E-state index contributed by atoms with van der Waals surface area (Å²) in [6.07, 6.45) is 0. The van der Waals surface area contributed by atoms with Gasteiger partial charge in [0.05, 0.1) is 21.3 Å². The maximum atomic E-state index is 6.51. The largest absolute Gasteiger partial charge is 0.456 e. The summed E-state index contributed by atoms with van der Waals surface area (Å²) in [4.78, 5) is 7.24. The van der Waals surface area contributed by atoms with Gasteiger partial charge in [0.2, 0.25) is 0 Å². The van der Waals surface area contributed by atoms with Crippen LogP contribution in [0.2, 0.25) is 0 Å². The molecule has 3 aromatic heterocycles. The molecule has 6 aromatic carbocycles. The Morgan fingerprint density at radius 2 is 1.24 bits per heavy atom. The van der Waals surface area contributed by atoms with Crippen LogP contribution in [-0.4, -0.2) is 4.98 Å². The van der Waals surface area contributed by atoms with E-state index < -0.39 is 0 Å². The van der Waals surface area contributed by atoms with Crippen molar-refractivity contribution in [1.29, 1.82) is 0 Å². The molecule has 0 unspecified atom stereocenters. The fourth-order valence-corrected chi connectivity index (χ4v) is 7.15. The second-order valence-electron chi connectivity index (χ2n) is 10.4. The summed E-state index contributed by atoms with van der Waals surface area (Å²) in [5.74, 6) is 0. The summed E-state index contributed by atoms with van der Waals surface area (Å²) >= 11 is 1.72. The standard InChI is InChI=1S/C37H22N2O2S/c1-3-10-23(11-4-1)37-38-28-20-21-32-35(36(28)42-37)27-19-18-25(22-33(27)41-32)39(24-12-5-2-6-13-24)29-15-9-17-31-34(29)26-14-7-8-16-30(26)40-31/h1-22H. The lowest BCUT2D eigenvalue weighted by Crippen LogP contribution is -2.10. The lowest BCUT2D eigenvalue weighted by Gasteiger charge is -2.26. The molecule has 0 amide bonds. The molecule has 0 saturated heterocycles. The van der Waals surface area contributed by atoms with Crippen LogP contribution in [0, 0.1) is 0 Å². The molecule has 0 spiro atoms. The summed E-state index contributed by atoms with van der Waals surface area (Å²) in [6, 6.07) is 45.9. The first kappa shape index (κ1) is 23.3. The molecule has 0 radical (unpaired) electrons. The van der Waals surface area contributed by atoms with Crippen LogP contribution in [0.3, 0.4) is 0 Å². The Bertz CT molecular complexity index is 2420. The molecule has 0 atom stereocenters. The molecule has 0 aliphatic rings. The van der Waals surface area contributed by atoms with Crippen LogP contribution in [0.4, 0.5) is 17.1 Å². The lowest BCUT2D eigenvalue weighted by atomic mass is 10.1. The first-order valence-corrected chi connectivity index (χ1v) is 14.7. The maximum Gasteiger partial charge on any atom is 0.137 e. The topological polar surface area (TPSA) is 42.4 Å². The van der Waals surface area contributed by atoms with E-state index in [-0.39, 0.29) is 0 Å². The predicted octanol–water partition coefficient (Wildman–Crippen LogP) is 11.2. The molecule has 4 nitrogen and oxygen atoms in total. The minimum absolute atomic E-state index is 0.842. The van der Waals surface area contributed by atoms with Crippen molar-refractivity contribution >= 4 is 82.5 Å².